The molecule has 0 atom stereocenters. The summed E-state index contributed by atoms with van der Waals surface area (Å²) in [5.74, 6) is 1.24. The summed E-state index contributed by atoms with van der Waals surface area (Å²) >= 11 is 0. The molecule has 0 bridgehead atoms. The first-order valence-corrected chi connectivity index (χ1v) is 6.82. The fourth-order valence-electron chi connectivity index (χ4n) is 2.29. The molecule has 1 aliphatic heterocycles. The molecule has 2 heterocycles. The summed E-state index contributed by atoms with van der Waals surface area (Å²) in [7, 11) is 0. The highest BCUT2D eigenvalue weighted by Gasteiger charge is 2.13. The van der Waals surface area contributed by atoms with Crippen LogP contribution in [0.25, 0.3) is 0 Å². The van der Waals surface area contributed by atoms with Gasteiger partial charge in [-0.1, -0.05) is 0 Å². The van der Waals surface area contributed by atoms with Gasteiger partial charge in [0.15, 0.2) is 11.5 Å². The van der Waals surface area contributed by atoms with E-state index in [2.05, 4.69) is 10.4 Å². The van der Waals surface area contributed by atoms with E-state index in [1.807, 2.05) is 19.9 Å². The standard InChI is InChI=1S/C15H17N3O3/c1-10-7-11(2)18(17-10)9-15(19)16-12-3-4-13-14(8-12)21-6-5-20-13/h3-4,7-8H,5-6,9H2,1-2H3,(H,16,19). The van der Waals surface area contributed by atoms with E-state index in [0.29, 0.717) is 30.4 Å². The van der Waals surface area contributed by atoms with Gasteiger partial charge in [0.25, 0.3) is 0 Å². The second-order valence-electron chi connectivity index (χ2n) is 4.99. The highest BCUT2D eigenvalue weighted by atomic mass is 16.6. The number of amides is 1. The van der Waals surface area contributed by atoms with Gasteiger partial charge in [0, 0.05) is 17.4 Å². The molecule has 0 unspecified atom stereocenters. The normalized spacial score (nSPS) is 13.0. The van der Waals surface area contributed by atoms with Crippen LogP contribution in [0.5, 0.6) is 11.5 Å². The van der Waals surface area contributed by atoms with Crippen molar-refractivity contribution in [2.45, 2.75) is 20.4 Å². The minimum absolute atomic E-state index is 0.127. The number of nitrogens with one attached hydrogen (secondary N) is 1. The first-order chi connectivity index (χ1) is 10.1. The third-order valence-corrected chi connectivity index (χ3v) is 3.22. The Bertz CT molecular complexity index is 679. The van der Waals surface area contributed by atoms with Gasteiger partial charge < -0.3 is 14.8 Å². The van der Waals surface area contributed by atoms with Gasteiger partial charge in [0.2, 0.25) is 5.91 Å². The van der Waals surface area contributed by atoms with Gasteiger partial charge in [-0.2, -0.15) is 5.10 Å². The number of benzene rings is 1. The Labute approximate surface area is 122 Å². The summed E-state index contributed by atoms with van der Waals surface area (Å²) in [6.45, 7) is 5.10. The largest absolute Gasteiger partial charge is 0.486 e. The van der Waals surface area contributed by atoms with Gasteiger partial charge in [-0.05, 0) is 32.0 Å². The maximum absolute atomic E-state index is 12.1. The van der Waals surface area contributed by atoms with E-state index in [1.54, 1.807) is 22.9 Å². The second-order valence-corrected chi connectivity index (χ2v) is 4.99. The number of aromatic nitrogens is 2. The van der Waals surface area contributed by atoms with Gasteiger partial charge in [-0.15, -0.1) is 0 Å². The topological polar surface area (TPSA) is 65.4 Å². The number of ether oxygens (including phenoxy) is 2. The highest BCUT2D eigenvalue weighted by molar-refractivity contribution is 5.90. The highest BCUT2D eigenvalue weighted by Crippen LogP contribution is 2.32. The van der Waals surface area contributed by atoms with Crippen molar-refractivity contribution in [2.75, 3.05) is 18.5 Å². The SMILES string of the molecule is Cc1cc(C)n(CC(=O)Nc2ccc3c(c2)OCCO3)n1. The van der Waals surface area contributed by atoms with Gasteiger partial charge in [0.05, 0.1) is 5.69 Å². The molecule has 6 nitrogen and oxygen atoms in total. The zero-order chi connectivity index (χ0) is 14.8. The number of anilines is 1. The molecule has 0 spiro atoms. The Morgan fingerprint density at radius 1 is 1.24 bits per heavy atom. The molecule has 0 radical (unpaired) electrons. The van der Waals surface area contributed by atoms with Crippen LogP contribution in [-0.2, 0) is 11.3 Å². The Hall–Kier alpha value is -2.50. The van der Waals surface area contributed by atoms with Gasteiger partial charge in [-0.25, -0.2) is 0 Å². The van der Waals surface area contributed by atoms with Crippen molar-refractivity contribution in [3.05, 3.63) is 35.7 Å². The van der Waals surface area contributed by atoms with E-state index >= 15 is 0 Å². The number of hydrogen-bond donors (Lipinski definition) is 1. The monoisotopic (exact) mass is 287 g/mol. The Morgan fingerprint density at radius 3 is 2.71 bits per heavy atom. The van der Waals surface area contributed by atoms with Crippen LogP contribution in [0, 0.1) is 13.8 Å². The average Bonchev–Trinajstić information content (AvgIpc) is 2.76. The molecule has 0 aliphatic carbocycles. The summed E-state index contributed by atoms with van der Waals surface area (Å²) in [5, 5.41) is 7.11. The van der Waals surface area contributed by atoms with Gasteiger partial charge in [-0.3, -0.25) is 9.48 Å². The fraction of sp³-hybridized carbons (Fsp3) is 0.333. The van der Waals surface area contributed by atoms with Crippen LogP contribution in [0.2, 0.25) is 0 Å². The smallest absolute Gasteiger partial charge is 0.246 e. The molecule has 110 valence electrons. The Morgan fingerprint density at radius 2 is 2.00 bits per heavy atom. The molecule has 3 rings (SSSR count). The van der Waals surface area contributed by atoms with Crippen molar-refractivity contribution in [1.82, 2.24) is 9.78 Å². The summed E-state index contributed by atoms with van der Waals surface area (Å²) in [5.41, 5.74) is 2.55. The van der Waals surface area contributed by atoms with E-state index in [-0.39, 0.29) is 12.5 Å². The maximum Gasteiger partial charge on any atom is 0.246 e. The predicted octanol–water partition coefficient (Wildman–Crippen LogP) is 1.91. The number of aryl methyl sites for hydroxylation is 2. The maximum atomic E-state index is 12.1. The van der Waals surface area contributed by atoms with Crippen molar-refractivity contribution in [2.24, 2.45) is 0 Å². The van der Waals surface area contributed by atoms with Crippen LogP contribution >= 0.6 is 0 Å². The van der Waals surface area contributed by atoms with E-state index in [0.717, 1.165) is 11.4 Å². The molecule has 1 aliphatic rings. The van der Waals surface area contributed by atoms with Crippen molar-refractivity contribution in [1.29, 1.82) is 0 Å². The van der Waals surface area contributed by atoms with Crippen LogP contribution in [0.4, 0.5) is 5.69 Å². The van der Waals surface area contributed by atoms with Gasteiger partial charge in [0.1, 0.15) is 19.8 Å². The zero-order valence-electron chi connectivity index (χ0n) is 12.0. The summed E-state index contributed by atoms with van der Waals surface area (Å²) in [6, 6.07) is 7.31. The fourth-order valence-corrected chi connectivity index (χ4v) is 2.29. The molecule has 1 amide bonds. The van der Waals surface area contributed by atoms with Crippen molar-refractivity contribution < 1.29 is 14.3 Å². The molecule has 6 heteroatoms. The summed E-state index contributed by atoms with van der Waals surface area (Å²) in [4.78, 5) is 12.1. The molecule has 1 N–H and O–H groups in total. The average molecular weight is 287 g/mol. The number of carbonyl (C=O) groups excluding carboxylic acids is 1. The molecule has 0 saturated heterocycles. The van der Waals surface area contributed by atoms with E-state index < -0.39 is 0 Å². The minimum Gasteiger partial charge on any atom is -0.486 e. The van der Waals surface area contributed by atoms with E-state index in [4.69, 9.17) is 9.47 Å². The Kier molecular flexibility index (Phi) is 3.51. The van der Waals surface area contributed by atoms with Gasteiger partial charge >= 0.3 is 0 Å². The lowest BCUT2D eigenvalue weighted by Crippen LogP contribution is -2.21. The molecular weight excluding hydrogens is 270 g/mol. The zero-order valence-corrected chi connectivity index (χ0v) is 12.0. The molecule has 2 aromatic rings. The summed E-state index contributed by atoms with van der Waals surface area (Å²) in [6.07, 6.45) is 0. The Balaban J connectivity index is 1.68. The minimum atomic E-state index is -0.127. The molecule has 1 aromatic heterocycles. The number of hydrogen-bond acceptors (Lipinski definition) is 4. The number of fused-ring (bicyclic) bond motifs is 1. The third-order valence-electron chi connectivity index (χ3n) is 3.22. The summed E-state index contributed by atoms with van der Waals surface area (Å²) < 4.78 is 12.6. The van der Waals surface area contributed by atoms with Crippen molar-refractivity contribution in [3.8, 4) is 11.5 Å². The third kappa shape index (κ3) is 2.99. The first-order valence-electron chi connectivity index (χ1n) is 6.82. The molecule has 0 fully saturated rings. The van der Waals surface area contributed by atoms with Crippen LogP contribution in [0.1, 0.15) is 11.4 Å². The van der Waals surface area contributed by atoms with Crippen LogP contribution in [-0.4, -0.2) is 28.9 Å². The lowest BCUT2D eigenvalue weighted by molar-refractivity contribution is -0.116. The first kappa shape index (κ1) is 13.5. The molecule has 21 heavy (non-hydrogen) atoms. The lowest BCUT2D eigenvalue weighted by Gasteiger charge is -2.19. The predicted molar refractivity (Wildman–Crippen MR) is 77.8 cm³/mol. The van der Waals surface area contributed by atoms with Crippen LogP contribution in [0.15, 0.2) is 24.3 Å². The number of rotatable bonds is 3. The van der Waals surface area contributed by atoms with Crippen molar-refractivity contribution in [3.63, 3.8) is 0 Å². The lowest BCUT2D eigenvalue weighted by atomic mass is 10.2. The molecule has 1 aromatic carbocycles. The van der Waals surface area contributed by atoms with Crippen LogP contribution < -0.4 is 14.8 Å². The molecule has 0 saturated carbocycles. The molecular formula is C15H17N3O3. The second kappa shape index (κ2) is 5.47. The van der Waals surface area contributed by atoms with Crippen LogP contribution in [0.3, 0.4) is 0 Å². The van der Waals surface area contributed by atoms with Crippen molar-refractivity contribution >= 4 is 11.6 Å². The number of carbonyl (C=O) groups is 1. The van der Waals surface area contributed by atoms with E-state index in [9.17, 15) is 4.79 Å². The van der Waals surface area contributed by atoms with E-state index in [1.165, 1.54) is 0 Å². The number of nitrogens with zero attached hydrogens (tertiary/aromatic N) is 2. The quantitative estimate of drug-likeness (QED) is 0.936.